The maximum absolute atomic E-state index is 12.3. The first kappa shape index (κ1) is 19.9. The lowest BCUT2D eigenvalue weighted by molar-refractivity contribution is 0.0954. The molecule has 0 saturated carbocycles. The monoisotopic (exact) mass is 390 g/mol. The Bertz CT molecular complexity index is 987. The van der Waals surface area contributed by atoms with E-state index in [4.69, 9.17) is 14.2 Å². The van der Waals surface area contributed by atoms with Crippen LogP contribution in [-0.2, 0) is 6.61 Å². The zero-order valence-corrected chi connectivity index (χ0v) is 16.3. The summed E-state index contributed by atoms with van der Waals surface area (Å²) in [5.41, 5.74) is 4.69. The van der Waals surface area contributed by atoms with Gasteiger partial charge in [-0.3, -0.25) is 4.79 Å². The molecule has 0 atom stereocenters. The average Bonchev–Trinajstić information content (AvgIpc) is 2.78. The number of hydrogen-bond acceptors (Lipinski definition) is 5. The van der Waals surface area contributed by atoms with Gasteiger partial charge in [0.1, 0.15) is 12.4 Å². The summed E-state index contributed by atoms with van der Waals surface area (Å²) in [6, 6.07) is 22.2. The Balaban J connectivity index is 1.73. The van der Waals surface area contributed by atoms with Gasteiger partial charge in [-0.1, -0.05) is 42.5 Å². The highest BCUT2D eigenvalue weighted by molar-refractivity contribution is 5.95. The van der Waals surface area contributed by atoms with Crippen molar-refractivity contribution >= 4 is 12.1 Å². The number of para-hydroxylation sites is 1. The maximum Gasteiger partial charge on any atom is 0.271 e. The summed E-state index contributed by atoms with van der Waals surface area (Å²) in [5, 5.41) is 4.06. The maximum atomic E-state index is 12.3. The highest BCUT2D eigenvalue weighted by Gasteiger charge is 2.10. The number of nitrogens with zero attached hydrogens (tertiary/aromatic N) is 1. The highest BCUT2D eigenvalue weighted by Crippen LogP contribution is 2.30. The van der Waals surface area contributed by atoms with E-state index in [9.17, 15) is 4.79 Å². The number of nitrogens with one attached hydrogen (secondary N) is 1. The van der Waals surface area contributed by atoms with Crippen molar-refractivity contribution in [1.82, 2.24) is 5.43 Å². The van der Waals surface area contributed by atoms with E-state index in [0.29, 0.717) is 35.0 Å². The predicted octanol–water partition coefficient (Wildman–Crippen LogP) is 4.05. The second kappa shape index (κ2) is 9.94. The second-order valence-electron chi connectivity index (χ2n) is 6.08. The molecule has 1 N–H and O–H groups in total. The summed E-state index contributed by atoms with van der Waals surface area (Å²) in [7, 11) is 3.13. The van der Waals surface area contributed by atoms with Gasteiger partial charge in [0.25, 0.3) is 5.91 Å². The van der Waals surface area contributed by atoms with E-state index in [0.717, 1.165) is 5.56 Å². The number of hydrogen-bond donors (Lipinski definition) is 1. The number of carbonyl (C=O) groups is 1. The Labute approximate surface area is 169 Å². The number of amides is 1. The minimum absolute atomic E-state index is 0.338. The lowest BCUT2D eigenvalue weighted by Gasteiger charge is -2.13. The smallest absolute Gasteiger partial charge is 0.271 e. The van der Waals surface area contributed by atoms with Gasteiger partial charge in [0.05, 0.1) is 20.4 Å². The minimum Gasteiger partial charge on any atom is -0.497 e. The Morgan fingerprint density at radius 2 is 1.76 bits per heavy atom. The molecule has 3 rings (SSSR count). The van der Waals surface area contributed by atoms with Gasteiger partial charge in [-0.2, -0.15) is 5.10 Å². The fourth-order valence-corrected chi connectivity index (χ4v) is 2.67. The molecule has 0 spiro atoms. The lowest BCUT2D eigenvalue weighted by Crippen LogP contribution is -2.17. The van der Waals surface area contributed by atoms with Crippen molar-refractivity contribution < 1.29 is 19.0 Å². The fourth-order valence-electron chi connectivity index (χ4n) is 2.67. The summed E-state index contributed by atoms with van der Waals surface area (Å²) in [6.45, 7) is 0.387. The molecule has 148 valence electrons. The van der Waals surface area contributed by atoms with Crippen molar-refractivity contribution in [2.45, 2.75) is 6.61 Å². The van der Waals surface area contributed by atoms with Crippen molar-refractivity contribution in [1.29, 1.82) is 0 Å². The molecule has 29 heavy (non-hydrogen) atoms. The molecule has 0 heterocycles. The molecule has 0 aliphatic rings. The first-order chi connectivity index (χ1) is 14.2. The molecule has 3 aromatic rings. The Morgan fingerprint density at radius 1 is 0.966 bits per heavy atom. The molecule has 0 radical (unpaired) electrons. The van der Waals surface area contributed by atoms with E-state index in [2.05, 4.69) is 10.5 Å². The van der Waals surface area contributed by atoms with Gasteiger partial charge in [-0.25, -0.2) is 5.43 Å². The molecule has 3 aromatic carbocycles. The number of methoxy groups -OCH3 is 2. The van der Waals surface area contributed by atoms with E-state index in [-0.39, 0.29) is 5.91 Å². The zero-order chi connectivity index (χ0) is 20.5. The third-order valence-corrected chi connectivity index (χ3v) is 4.16. The molecule has 6 heteroatoms. The van der Waals surface area contributed by atoms with Gasteiger partial charge in [0.2, 0.25) is 0 Å². The molecule has 0 saturated heterocycles. The summed E-state index contributed by atoms with van der Waals surface area (Å²) in [5.74, 6) is 1.41. The van der Waals surface area contributed by atoms with Gasteiger partial charge in [0, 0.05) is 11.1 Å². The van der Waals surface area contributed by atoms with Crippen molar-refractivity contribution in [3.8, 4) is 17.2 Å². The molecule has 6 nitrogen and oxygen atoms in total. The Morgan fingerprint density at radius 3 is 2.52 bits per heavy atom. The normalized spacial score (nSPS) is 10.6. The number of rotatable bonds is 8. The molecular formula is C23H22N2O4. The predicted molar refractivity (Wildman–Crippen MR) is 112 cm³/mol. The SMILES string of the molecule is COc1cccc(C(=O)N/N=C/c2cccc(OC)c2OCc2ccccc2)c1. The molecule has 0 unspecified atom stereocenters. The van der Waals surface area contributed by atoms with E-state index in [1.54, 1.807) is 38.5 Å². The lowest BCUT2D eigenvalue weighted by atomic mass is 10.2. The van der Waals surface area contributed by atoms with Crippen LogP contribution in [-0.4, -0.2) is 26.3 Å². The van der Waals surface area contributed by atoms with Crippen LogP contribution in [0.4, 0.5) is 0 Å². The summed E-state index contributed by atoms with van der Waals surface area (Å²) < 4.78 is 16.5. The van der Waals surface area contributed by atoms with Crippen LogP contribution in [0.2, 0.25) is 0 Å². The van der Waals surface area contributed by atoms with E-state index in [1.807, 2.05) is 48.5 Å². The molecule has 1 amide bonds. The quantitative estimate of drug-likeness (QED) is 0.465. The third-order valence-electron chi connectivity index (χ3n) is 4.16. The van der Waals surface area contributed by atoms with Crippen molar-refractivity contribution in [2.24, 2.45) is 5.10 Å². The van der Waals surface area contributed by atoms with E-state index in [1.165, 1.54) is 6.21 Å². The van der Waals surface area contributed by atoms with E-state index >= 15 is 0 Å². The number of benzene rings is 3. The Hall–Kier alpha value is -3.80. The summed E-state index contributed by atoms with van der Waals surface area (Å²) in [4.78, 5) is 12.3. The first-order valence-corrected chi connectivity index (χ1v) is 9.02. The van der Waals surface area contributed by atoms with Gasteiger partial charge in [-0.05, 0) is 35.9 Å². The summed E-state index contributed by atoms with van der Waals surface area (Å²) >= 11 is 0. The van der Waals surface area contributed by atoms with Crippen LogP contribution in [0, 0.1) is 0 Å². The van der Waals surface area contributed by atoms with Crippen LogP contribution in [0.3, 0.4) is 0 Å². The molecule has 0 bridgehead atoms. The Kier molecular flexibility index (Phi) is 6.84. The van der Waals surface area contributed by atoms with Gasteiger partial charge in [0.15, 0.2) is 11.5 Å². The number of carbonyl (C=O) groups excluding carboxylic acids is 1. The second-order valence-corrected chi connectivity index (χ2v) is 6.08. The molecule has 0 aliphatic heterocycles. The first-order valence-electron chi connectivity index (χ1n) is 9.02. The fraction of sp³-hybridized carbons (Fsp3) is 0.130. The average molecular weight is 390 g/mol. The van der Waals surface area contributed by atoms with Gasteiger partial charge < -0.3 is 14.2 Å². The largest absolute Gasteiger partial charge is 0.497 e. The van der Waals surface area contributed by atoms with Crippen LogP contribution in [0.15, 0.2) is 77.9 Å². The topological polar surface area (TPSA) is 69.2 Å². The van der Waals surface area contributed by atoms with Gasteiger partial charge >= 0.3 is 0 Å². The minimum atomic E-state index is -0.338. The van der Waals surface area contributed by atoms with Crippen molar-refractivity contribution in [3.05, 3.63) is 89.5 Å². The van der Waals surface area contributed by atoms with E-state index < -0.39 is 0 Å². The van der Waals surface area contributed by atoms with Crippen LogP contribution < -0.4 is 19.6 Å². The van der Waals surface area contributed by atoms with Crippen LogP contribution in [0.25, 0.3) is 0 Å². The van der Waals surface area contributed by atoms with Crippen LogP contribution >= 0.6 is 0 Å². The molecule has 0 aromatic heterocycles. The van der Waals surface area contributed by atoms with Crippen molar-refractivity contribution in [2.75, 3.05) is 14.2 Å². The third kappa shape index (κ3) is 5.35. The zero-order valence-electron chi connectivity index (χ0n) is 16.3. The highest BCUT2D eigenvalue weighted by atomic mass is 16.5. The van der Waals surface area contributed by atoms with Crippen LogP contribution in [0.1, 0.15) is 21.5 Å². The molecule has 0 aliphatic carbocycles. The van der Waals surface area contributed by atoms with Gasteiger partial charge in [-0.15, -0.1) is 0 Å². The standard InChI is InChI=1S/C23H22N2O4/c1-27-20-12-6-10-18(14-20)23(26)25-24-15-19-11-7-13-21(28-2)22(19)29-16-17-8-4-3-5-9-17/h3-15H,16H2,1-2H3,(H,25,26)/b24-15+. The number of hydrazone groups is 1. The van der Waals surface area contributed by atoms with Crippen molar-refractivity contribution in [3.63, 3.8) is 0 Å². The molecular weight excluding hydrogens is 368 g/mol. The van der Waals surface area contributed by atoms with Crippen LogP contribution in [0.5, 0.6) is 17.2 Å². The molecule has 0 fully saturated rings. The summed E-state index contributed by atoms with van der Waals surface area (Å²) in [6.07, 6.45) is 1.53. The number of ether oxygens (including phenoxy) is 3.